The van der Waals surface area contributed by atoms with Crippen LogP contribution in [0.2, 0.25) is 0 Å². The number of aliphatic hydroxyl groups is 1. The van der Waals surface area contributed by atoms with Gasteiger partial charge in [0.2, 0.25) is 0 Å². The monoisotopic (exact) mass is 240 g/mol. The Morgan fingerprint density at radius 2 is 2.00 bits per heavy atom. The van der Waals surface area contributed by atoms with Crippen LogP contribution in [-0.4, -0.2) is 22.8 Å². The van der Waals surface area contributed by atoms with Gasteiger partial charge in [0, 0.05) is 6.92 Å². The maximum atomic E-state index is 11.1. The lowest BCUT2D eigenvalue weighted by atomic mass is 9.89. The Labute approximate surface area is 104 Å². The van der Waals surface area contributed by atoms with Crippen LogP contribution in [0.15, 0.2) is 23.8 Å². The Hall–Kier alpha value is -1.09. The molecule has 0 aliphatic carbocycles. The van der Waals surface area contributed by atoms with Crippen LogP contribution in [0.1, 0.15) is 47.5 Å². The summed E-state index contributed by atoms with van der Waals surface area (Å²) in [5.41, 5.74) is 1.08. The first-order chi connectivity index (χ1) is 7.73. The van der Waals surface area contributed by atoms with E-state index in [9.17, 15) is 9.90 Å². The Morgan fingerprint density at radius 1 is 1.47 bits per heavy atom. The molecular weight excluding hydrogens is 216 g/mol. The molecule has 0 amide bonds. The smallest absolute Gasteiger partial charge is 0.303 e. The van der Waals surface area contributed by atoms with E-state index in [0.29, 0.717) is 12.8 Å². The van der Waals surface area contributed by atoms with Gasteiger partial charge in [0.1, 0.15) is 5.60 Å². The molecule has 0 spiro atoms. The maximum Gasteiger partial charge on any atom is 0.303 e. The summed E-state index contributed by atoms with van der Waals surface area (Å²) in [5, 5.41) is 9.72. The van der Waals surface area contributed by atoms with E-state index < -0.39 is 11.7 Å². The lowest BCUT2D eigenvalue weighted by Gasteiger charge is -2.31. The Kier molecular flexibility index (Phi) is 6.18. The number of allylic oxidation sites excluding steroid dienone is 1. The fourth-order valence-electron chi connectivity index (χ4n) is 1.61. The molecular formula is C14H24O3. The van der Waals surface area contributed by atoms with E-state index in [4.69, 9.17) is 4.74 Å². The lowest BCUT2D eigenvalue weighted by molar-refractivity contribution is -0.152. The second-order valence-electron chi connectivity index (χ2n) is 4.70. The molecule has 0 fully saturated rings. The molecule has 0 aliphatic heterocycles. The second-order valence-corrected chi connectivity index (χ2v) is 4.70. The predicted octanol–water partition coefficient (Wildman–Crippen LogP) is 2.99. The molecule has 0 radical (unpaired) electrons. The average molecular weight is 240 g/mol. The topological polar surface area (TPSA) is 46.5 Å². The summed E-state index contributed by atoms with van der Waals surface area (Å²) in [4.78, 5) is 11.1. The van der Waals surface area contributed by atoms with Crippen molar-refractivity contribution in [1.82, 2.24) is 0 Å². The summed E-state index contributed by atoms with van der Waals surface area (Å²) in [7, 11) is 0. The third kappa shape index (κ3) is 5.18. The fourth-order valence-corrected chi connectivity index (χ4v) is 1.61. The average Bonchev–Trinajstić information content (AvgIpc) is 2.23. The molecule has 0 rings (SSSR count). The zero-order chi connectivity index (χ0) is 13.6. The summed E-state index contributed by atoms with van der Waals surface area (Å²) in [6.07, 6.45) is 2.49. The zero-order valence-electron chi connectivity index (χ0n) is 11.5. The van der Waals surface area contributed by atoms with Crippen molar-refractivity contribution in [2.75, 3.05) is 0 Å². The van der Waals surface area contributed by atoms with Crippen molar-refractivity contribution in [1.29, 1.82) is 0 Å². The van der Waals surface area contributed by atoms with Crippen LogP contribution in [-0.2, 0) is 9.53 Å². The zero-order valence-corrected chi connectivity index (χ0v) is 11.5. The standard InChI is InChI=1S/C14H24O3/c1-7-11(4)14(6,17-12(5)15)9-8-13(16)10(2)3/h7,13,16H,2,8-9H2,1,3-6H3/b11-7+. The highest BCUT2D eigenvalue weighted by molar-refractivity contribution is 5.67. The molecule has 0 heterocycles. The summed E-state index contributed by atoms with van der Waals surface area (Å²) in [5.74, 6) is -0.307. The number of esters is 1. The van der Waals surface area contributed by atoms with Gasteiger partial charge in [-0.1, -0.05) is 18.2 Å². The van der Waals surface area contributed by atoms with Gasteiger partial charge in [-0.2, -0.15) is 0 Å². The Morgan fingerprint density at radius 3 is 2.35 bits per heavy atom. The largest absolute Gasteiger partial charge is 0.455 e. The van der Waals surface area contributed by atoms with Crippen LogP contribution in [0.4, 0.5) is 0 Å². The minimum absolute atomic E-state index is 0.307. The first-order valence-corrected chi connectivity index (χ1v) is 5.89. The molecule has 2 atom stereocenters. The molecule has 0 saturated heterocycles. The molecule has 0 saturated carbocycles. The Bertz CT molecular complexity index is 317. The van der Waals surface area contributed by atoms with E-state index in [2.05, 4.69) is 6.58 Å². The van der Waals surface area contributed by atoms with E-state index in [1.54, 1.807) is 6.92 Å². The fraction of sp³-hybridized carbons (Fsp3) is 0.643. The van der Waals surface area contributed by atoms with Gasteiger partial charge >= 0.3 is 5.97 Å². The van der Waals surface area contributed by atoms with Crippen LogP contribution in [0, 0.1) is 0 Å². The number of carbonyl (C=O) groups is 1. The van der Waals surface area contributed by atoms with Crippen molar-refractivity contribution in [2.45, 2.75) is 59.2 Å². The SMILES string of the molecule is C=C(C)C(O)CCC(C)(OC(C)=O)/C(C)=C/C. The summed E-state index contributed by atoms with van der Waals surface area (Å²) in [6, 6.07) is 0. The highest BCUT2D eigenvalue weighted by Gasteiger charge is 2.30. The van der Waals surface area contributed by atoms with Crippen molar-refractivity contribution >= 4 is 5.97 Å². The maximum absolute atomic E-state index is 11.1. The molecule has 3 nitrogen and oxygen atoms in total. The van der Waals surface area contributed by atoms with Crippen LogP contribution in [0.25, 0.3) is 0 Å². The molecule has 0 bridgehead atoms. The third-order valence-electron chi connectivity index (χ3n) is 3.10. The highest BCUT2D eigenvalue weighted by Crippen LogP contribution is 2.28. The summed E-state index contributed by atoms with van der Waals surface area (Å²) >= 11 is 0. The minimum Gasteiger partial charge on any atom is -0.455 e. The molecule has 17 heavy (non-hydrogen) atoms. The van der Waals surface area contributed by atoms with E-state index in [-0.39, 0.29) is 5.97 Å². The number of carbonyl (C=O) groups excluding carboxylic acids is 1. The van der Waals surface area contributed by atoms with Gasteiger partial charge in [0.05, 0.1) is 6.10 Å². The van der Waals surface area contributed by atoms with Crippen molar-refractivity contribution in [3.63, 3.8) is 0 Å². The number of rotatable bonds is 6. The van der Waals surface area contributed by atoms with Gasteiger partial charge in [0.25, 0.3) is 0 Å². The van der Waals surface area contributed by atoms with Crippen LogP contribution < -0.4 is 0 Å². The number of hydrogen-bond acceptors (Lipinski definition) is 3. The number of aliphatic hydroxyl groups excluding tert-OH is 1. The minimum atomic E-state index is -0.642. The van der Waals surface area contributed by atoms with E-state index >= 15 is 0 Å². The second kappa shape index (κ2) is 6.60. The molecule has 1 N–H and O–H groups in total. The summed E-state index contributed by atoms with van der Waals surface area (Å²) < 4.78 is 5.37. The van der Waals surface area contributed by atoms with Gasteiger partial charge in [-0.25, -0.2) is 0 Å². The van der Waals surface area contributed by atoms with Gasteiger partial charge < -0.3 is 9.84 Å². The van der Waals surface area contributed by atoms with E-state index in [0.717, 1.165) is 11.1 Å². The van der Waals surface area contributed by atoms with Crippen LogP contribution >= 0.6 is 0 Å². The summed E-state index contributed by atoms with van der Waals surface area (Å²) in [6.45, 7) is 12.6. The lowest BCUT2D eigenvalue weighted by Crippen LogP contribution is -2.33. The van der Waals surface area contributed by atoms with Crippen molar-refractivity contribution in [3.8, 4) is 0 Å². The molecule has 2 unspecified atom stereocenters. The van der Waals surface area contributed by atoms with Crippen LogP contribution in [0.5, 0.6) is 0 Å². The van der Waals surface area contributed by atoms with Gasteiger partial charge in [-0.05, 0) is 46.1 Å². The molecule has 3 heteroatoms. The van der Waals surface area contributed by atoms with Crippen molar-refractivity contribution in [3.05, 3.63) is 23.8 Å². The number of hydrogen-bond donors (Lipinski definition) is 1. The Balaban J connectivity index is 4.72. The van der Waals surface area contributed by atoms with Crippen LogP contribution in [0.3, 0.4) is 0 Å². The van der Waals surface area contributed by atoms with Gasteiger partial charge in [-0.3, -0.25) is 4.79 Å². The van der Waals surface area contributed by atoms with E-state index in [1.165, 1.54) is 6.92 Å². The van der Waals surface area contributed by atoms with E-state index in [1.807, 2.05) is 26.8 Å². The molecule has 0 aromatic rings. The third-order valence-corrected chi connectivity index (χ3v) is 3.10. The van der Waals surface area contributed by atoms with Gasteiger partial charge in [0.15, 0.2) is 0 Å². The van der Waals surface area contributed by atoms with Crippen molar-refractivity contribution in [2.24, 2.45) is 0 Å². The predicted molar refractivity (Wildman–Crippen MR) is 69.7 cm³/mol. The quantitative estimate of drug-likeness (QED) is 0.573. The van der Waals surface area contributed by atoms with Gasteiger partial charge in [-0.15, -0.1) is 0 Å². The molecule has 0 aromatic heterocycles. The number of ether oxygens (including phenoxy) is 1. The first-order valence-electron chi connectivity index (χ1n) is 5.89. The highest BCUT2D eigenvalue weighted by atomic mass is 16.6. The molecule has 98 valence electrons. The first kappa shape index (κ1) is 15.9. The van der Waals surface area contributed by atoms with Crippen molar-refractivity contribution < 1.29 is 14.6 Å². The normalized spacial score (nSPS) is 17.2. The molecule has 0 aromatic carbocycles. The molecule has 0 aliphatic rings.